The number of amides is 1. The molecule has 0 aliphatic heterocycles. The van der Waals surface area contributed by atoms with E-state index in [9.17, 15) is 14.0 Å². The van der Waals surface area contributed by atoms with Crippen LogP contribution in [0.3, 0.4) is 0 Å². The lowest BCUT2D eigenvalue weighted by atomic mass is 10.1. The van der Waals surface area contributed by atoms with E-state index in [2.05, 4.69) is 10.4 Å². The van der Waals surface area contributed by atoms with Gasteiger partial charge in [-0.2, -0.15) is 5.10 Å². The Bertz CT molecular complexity index is 966. The molecular weight excluding hydrogens is 325 g/mol. The SMILES string of the molecule is Cc1ccc(-n2ccc(C(=O)O)n2)cc1NC(=O)c1ccccc1F. The number of anilines is 1. The number of halogens is 1. The first-order chi connectivity index (χ1) is 12.0. The summed E-state index contributed by atoms with van der Waals surface area (Å²) in [6.07, 6.45) is 1.51. The Hall–Kier alpha value is -3.48. The van der Waals surface area contributed by atoms with Crippen LogP contribution in [0.1, 0.15) is 26.4 Å². The van der Waals surface area contributed by atoms with E-state index in [4.69, 9.17) is 5.11 Å². The highest BCUT2D eigenvalue weighted by Gasteiger charge is 2.13. The molecule has 6 nitrogen and oxygen atoms in total. The largest absolute Gasteiger partial charge is 0.476 e. The van der Waals surface area contributed by atoms with Gasteiger partial charge in [0.1, 0.15) is 5.82 Å². The van der Waals surface area contributed by atoms with Crippen LogP contribution in [0.5, 0.6) is 0 Å². The monoisotopic (exact) mass is 339 g/mol. The minimum atomic E-state index is -1.13. The molecular formula is C18H14FN3O3. The lowest BCUT2D eigenvalue weighted by Crippen LogP contribution is -2.14. The topological polar surface area (TPSA) is 84.2 Å². The molecule has 3 aromatic rings. The maximum Gasteiger partial charge on any atom is 0.356 e. The number of carboxylic acids is 1. The summed E-state index contributed by atoms with van der Waals surface area (Å²) in [5.74, 6) is -2.30. The van der Waals surface area contributed by atoms with E-state index in [-0.39, 0.29) is 11.3 Å². The van der Waals surface area contributed by atoms with Gasteiger partial charge < -0.3 is 10.4 Å². The van der Waals surface area contributed by atoms with Crippen LogP contribution in [0.4, 0.5) is 10.1 Å². The number of carboxylic acid groups (broad SMARTS) is 1. The van der Waals surface area contributed by atoms with Gasteiger partial charge >= 0.3 is 5.97 Å². The molecule has 1 amide bonds. The summed E-state index contributed by atoms with van der Waals surface area (Å²) in [6.45, 7) is 1.80. The first-order valence-corrected chi connectivity index (χ1v) is 7.41. The number of nitrogens with one attached hydrogen (secondary N) is 1. The van der Waals surface area contributed by atoms with Crippen molar-refractivity contribution in [2.75, 3.05) is 5.32 Å². The number of nitrogens with zero attached hydrogens (tertiary/aromatic N) is 2. The van der Waals surface area contributed by atoms with Crippen LogP contribution in [-0.2, 0) is 0 Å². The number of aromatic nitrogens is 2. The molecule has 0 aliphatic rings. The quantitative estimate of drug-likeness (QED) is 0.764. The van der Waals surface area contributed by atoms with E-state index in [1.807, 2.05) is 0 Å². The normalized spacial score (nSPS) is 10.5. The number of benzene rings is 2. The van der Waals surface area contributed by atoms with Crippen LogP contribution < -0.4 is 5.32 Å². The van der Waals surface area contributed by atoms with Crippen LogP contribution in [-0.4, -0.2) is 26.8 Å². The number of hydrogen-bond donors (Lipinski definition) is 2. The van der Waals surface area contributed by atoms with Crippen molar-refractivity contribution in [3.8, 4) is 5.69 Å². The van der Waals surface area contributed by atoms with Crippen molar-refractivity contribution in [1.29, 1.82) is 0 Å². The van der Waals surface area contributed by atoms with Crippen LogP contribution in [0, 0.1) is 12.7 Å². The lowest BCUT2D eigenvalue weighted by Gasteiger charge is -2.11. The first-order valence-electron chi connectivity index (χ1n) is 7.41. The smallest absolute Gasteiger partial charge is 0.356 e. The summed E-state index contributed by atoms with van der Waals surface area (Å²) >= 11 is 0. The fourth-order valence-corrected chi connectivity index (χ4v) is 2.30. The van der Waals surface area contributed by atoms with Gasteiger partial charge in [0.05, 0.1) is 11.3 Å². The van der Waals surface area contributed by atoms with Crippen molar-refractivity contribution in [3.05, 3.63) is 77.4 Å². The summed E-state index contributed by atoms with van der Waals surface area (Å²) in [7, 11) is 0. The molecule has 0 atom stereocenters. The minimum absolute atomic E-state index is 0.0560. The van der Waals surface area contributed by atoms with Gasteiger partial charge in [0, 0.05) is 11.9 Å². The van der Waals surface area contributed by atoms with Crippen molar-refractivity contribution < 1.29 is 19.1 Å². The van der Waals surface area contributed by atoms with Crippen LogP contribution in [0.25, 0.3) is 5.69 Å². The van der Waals surface area contributed by atoms with Crippen molar-refractivity contribution >= 4 is 17.6 Å². The standard InChI is InChI=1S/C18H14FN3O3/c1-11-6-7-12(22-9-8-15(21-22)18(24)25)10-16(11)20-17(23)13-4-2-3-5-14(13)19/h2-10H,1H3,(H,20,23)(H,24,25). The molecule has 0 radical (unpaired) electrons. The Morgan fingerprint density at radius 3 is 2.60 bits per heavy atom. The molecule has 0 unspecified atom stereocenters. The number of carbonyl (C=O) groups excluding carboxylic acids is 1. The third-order valence-electron chi connectivity index (χ3n) is 3.66. The van der Waals surface area contributed by atoms with Crippen molar-refractivity contribution in [2.24, 2.45) is 0 Å². The molecule has 7 heteroatoms. The van der Waals surface area contributed by atoms with Gasteiger partial charge in [-0.1, -0.05) is 18.2 Å². The molecule has 0 saturated heterocycles. The van der Waals surface area contributed by atoms with Gasteiger partial charge in [-0.05, 0) is 42.8 Å². The van der Waals surface area contributed by atoms with Crippen LogP contribution in [0.15, 0.2) is 54.7 Å². The summed E-state index contributed by atoms with van der Waals surface area (Å²) in [5, 5.41) is 15.6. The van der Waals surface area contributed by atoms with E-state index in [0.29, 0.717) is 11.4 Å². The van der Waals surface area contributed by atoms with Crippen molar-refractivity contribution in [3.63, 3.8) is 0 Å². The van der Waals surface area contributed by atoms with Gasteiger partial charge in [0.2, 0.25) is 0 Å². The molecule has 0 bridgehead atoms. The molecule has 126 valence electrons. The third-order valence-corrected chi connectivity index (χ3v) is 3.66. The second-order valence-corrected chi connectivity index (χ2v) is 5.38. The molecule has 0 spiro atoms. The van der Waals surface area contributed by atoms with E-state index in [0.717, 1.165) is 5.56 Å². The van der Waals surface area contributed by atoms with Gasteiger partial charge in [0.15, 0.2) is 5.69 Å². The number of aryl methyl sites for hydroxylation is 1. The summed E-state index contributed by atoms with van der Waals surface area (Å²) in [6, 6.07) is 12.2. The van der Waals surface area contributed by atoms with E-state index in [1.165, 1.54) is 35.1 Å². The molecule has 1 aromatic heterocycles. The zero-order chi connectivity index (χ0) is 18.0. The summed E-state index contributed by atoms with van der Waals surface area (Å²) in [4.78, 5) is 23.2. The Morgan fingerprint density at radius 1 is 1.16 bits per heavy atom. The van der Waals surface area contributed by atoms with E-state index in [1.54, 1.807) is 31.2 Å². The van der Waals surface area contributed by atoms with Gasteiger partial charge in [0.25, 0.3) is 5.91 Å². The fraction of sp³-hybridized carbons (Fsp3) is 0.0556. The van der Waals surface area contributed by atoms with Crippen LogP contribution >= 0.6 is 0 Å². The Labute approximate surface area is 142 Å². The number of rotatable bonds is 4. The number of carbonyl (C=O) groups is 2. The zero-order valence-corrected chi connectivity index (χ0v) is 13.2. The molecule has 3 rings (SSSR count). The molecule has 0 saturated carbocycles. The predicted molar refractivity (Wildman–Crippen MR) is 89.6 cm³/mol. The molecule has 25 heavy (non-hydrogen) atoms. The van der Waals surface area contributed by atoms with Crippen molar-refractivity contribution in [2.45, 2.75) is 6.92 Å². The van der Waals surface area contributed by atoms with Gasteiger partial charge in [-0.25, -0.2) is 13.9 Å². The predicted octanol–water partition coefficient (Wildman–Crippen LogP) is 3.27. The second-order valence-electron chi connectivity index (χ2n) is 5.38. The Balaban J connectivity index is 1.90. The highest BCUT2D eigenvalue weighted by atomic mass is 19.1. The molecule has 2 aromatic carbocycles. The highest BCUT2D eigenvalue weighted by Crippen LogP contribution is 2.21. The second kappa shape index (κ2) is 6.56. The number of hydrogen-bond acceptors (Lipinski definition) is 3. The first kappa shape index (κ1) is 16.4. The minimum Gasteiger partial charge on any atom is -0.476 e. The summed E-state index contributed by atoms with van der Waals surface area (Å²) < 4.78 is 15.1. The molecule has 1 heterocycles. The maximum atomic E-state index is 13.7. The average Bonchev–Trinajstić information content (AvgIpc) is 3.07. The molecule has 0 aliphatic carbocycles. The van der Waals surface area contributed by atoms with Gasteiger partial charge in [-0.3, -0.25) is 4.79 Å². The number of aromatic carboxylic acids is 1. The van der Waals surface area contributed by atoms with E-state index >= 15 is 0 Å². The molecule has 2 N–H and O–H groups in total. The fourth-order valence-electron chi connectivity index (χ4n) is 2.30. The lowest BCUT2D eigenvalue weighted by molar-refractivity contribution is 0.0689. The van der Waals surface area contributed by atoms with Crippen molar-refractivity contribution in [1.82, 2.24) is 9.78 Å². The van der Waals surface area contributed by atoms with Gasteiger partial charge in [-0.15, -0.1) is 0 Å². The Kier molecular flexibility index (Phi) is 4.30. The zero-order valence-electron chi connectivity index (χ0n) is 13.2. The summed E-state index contributed by atoms with van der Waals surface area (Å²) in [5.41, 5.74) is 1.69. The van der Waals surface area contributed by atoms with E-state index < -0.39 is 17.7 Å². The third kappa shape index (κ3) is 3.40. The highest BCUT2D eigenvalue weighted by molar-refractivity contribution is 6.05. The molecule has 0 fully saturated rings. The average molecular weight is 339 g/mol. The maximum absolute atomic E-state index is 13.7. The Morgan fingerprint density at radius 2 is 1.92 bits per heavy atom. The van der Waals surface area contributed by atoms with Crippen LogP contribution in [0.2, 0.25) is 0 Å².